The van der Waals surface area contributed by atoms with Gasteiger partial charge in [-0.15, -0.1) is 12.4 Å². The molecule has 2 amide bonds. The molecular formula is C25H33ClN4O2. The van der Waals surface area contributed by atoms with Gasteiger partial charge in [0.25, 0.3) is 0 Å². The molecule has 3 aromatic rings. The lowest BCUT2D eigenvalue weighted by atomic mass is 10.0. The van der Waals surface area contributed by atoms with Crippen LogP contribution in [0.5, 0.6) is 0 Å². The molecule has 0 aliphatic heterocycles. The molecule has 0 unspecified atom stereocenters. The Morgan fingerprint density at radius 1 is 1.00 bits per heavy atom. The molecule has 0 saturated carbocycles. The van der Waals surface area contributed by atoms with Crippen molar-refractivity contribution in [2.24, 2.45) is 11.7 Å². The average Bonchev–Trinajstić information content (AvgIpc) is 3.16. The number of hydrogen-bond acceptors (Lipinski definition) is 3. The van der Waals surface area contributed by atoms with Gasteiger partial charge in [0.1, 0.15) is 6.04 Å². The van der Waals surface area contributed by atoms with E-state index in [4.69, 9.17) is 5.73 Å². The van der Waals surface area contributed by atoms with Crippen LogP contribution >= 0.6 is 12.4 Å². The van der Waals surface area contributed by atoms with Gasteiger partial charge in [-0.3, -0.25) is 9.59 Å². The molecule has 0 saturated heterocycles. The monoisotopic (exact) mass is 456 g/mol. The second-order valence-electron chi connectivity index (χ2n) is 8.39. The first-order valence-electron chi connectivity index (χ1n) is 10.9. The molecule has 0 fully saturated rings. The maximum absolute atomic E-state index is 12.8. The first-order chi connectivity index (χ1) is 14.9. The van der Waals surface area contributed by atoms with Crippen molar-refractivity contribution in [1.29, 1.82) is 0 Å². The predicted molar refractivity (Wildman–Crippen MR) is 132 cm³/mol. The van der Waals surface area contributed by atoms with Crippen molar-refractivity contribution in [3.05, 3.63) is 71.9 Å². The van der Waals surface area contributed by atoms with Crippen molar-refractivity contribution >= 4 is 35.1 Å². The number of para-hydroxylation sites is 1. The SMILES string of the molecule is CC(C)C[C@H](NC(=O)[C@@H](N)Cc1c[nH]c2ccccc12)C(=O)NCCc1ccccc1.Cl. The van der Waals surface area contributed by atoms with E-state index in [2.05, 4.69) is 15.6 Å². The van der Waals surface area contributed by atoms with Crippen LogP contribution in [-0.4, -0.2) is 35.4 Å². The molecule has 0 aliphatic carbocycles. The van der Waals surface area contributed by atoms with Gasteiger partial charge >= 0.3 is 0 Å². The second-order valence-corrected chi connectivity index (χ2v) is 8.39. The fraction of sp³-hybridized carbons (Fsp3) is 0.360. The number of H-pyrrole nitrogens is 1. The van der Waals surface area contributed by atoms with Gasteiger partial charge in [0.15, 0.2) is 0 Å². The van der Waals surface area contributed by atoms with Gasteiger partial charge in [0.05, 0.1) is 6.04 Å². The number of halogens is 1. The van der Waals surface area contributed by atoms with Crippen LogP contribution in [0.2, 0.25) is 0 Å². The number of benzene rings is 2. The minimum Gasteiger partial charge on any atom is -0.361 e. The molecule has 0 spiro atoms. The second kappa shape index (κ2) is 12.3. The third-order valence-electron chi connectivity index (χ3n) is 5.35. The summed E-state index contributed by atoms with van der Waals surface area (Å²) in [5.41, 5.74) is 9.36. The highest BCUT2D eigenvalue weighted by Crippen LogP contribution is 2.19. The molecule has 6 nitrogen and oxygen atoms in total. The number of carbonyl (C=O) groups is 2. The molecule has 7 heteroatoms. The fourth-order valence-corrected chi connectivity index (χ4v) is 3.71. The van der Waals surface area contributed by atoms with Gasteiger partial charge in [-0.1, -0.05) is 62.4 Å². The van der Waals surface area contributed by atoms with E-state index < -0.39 is 12.1 Å². The van der Waals surface area contributed by atoms with Crippen molar-refractivity contribution in [3.63, 3.8) is 0 Å². The average molecular weight is 457 g/mol. The van der Waals surface area contributed by atoms with Crippen LogP contribution in [0, 0.1) is 5.92 Å². The molecule has 1 aromatic heterocycles. The van der Waals surface area contributed by atoms with Gasteiger partial charge in [-0.25, -0.2) is 0 Å². The summed E-state index contributed by atoms with van der Waals surface area (Å²) in [6.07, 6.45) is 3.59. The molecule has 0 aliphatic rings. The standard InChI is InChI=1S/C25H32N4O2.ClH/c1-17(2)14-23(25(31)27-13-12-18-8-4-3-5-9-18)29-24(30)21(26)15-19-16-28-22-11-7-6-10-20(19)22;/h3-11,16-17,21,23,28H,12-15,26H2,1-2H3,(H,27,31)(H,29,30);1H/t21-,23-;/m0./s1. The number of nitrogens with one attached hydrogen (secondary N) is 3. The Hall–Kier alpha value is -2.83. The lowest BCUT2D eigenvalue weighted by Crippen LogP contribution is -2.52. The van der Waals surface area contributed by atoms with Crippen LogP contribution < -0.4 is 16.4 Å². The summed E-state index contributed by atoms with van der Waals surface area (Å²) in [5, 5.41) is 6.88. The third kappa shape index (κ3) is 7.11. The minimum atomic E-state index is -0.731. The lowest BCUT2D eigenvalue weighted by molar-refractivity contribution is -0.130. The zero-order valence-corrected chi connectivity index (χ0v) is 19.5. The number of nitrogens with two attached hydrogens (primary N) is 1. The Labute approximate surface area is 195 Å². The lowest BCUT2D eigenvalue weighted by Gasteiger charge is -2.22. The van der Waals surface area contributed by atoms with Gasteiger partial charge in [0, 0.05) is 23.6 Å². The van der Waals surface area contributed by atoms with Crippen molar-refractivity contribution in [1.82, 2.24) is 15.6 Å². The highest BCUT2D eigenvalue weighted by molar-refractivity contribution is 5.90. The van der Waals surface area contributed by atoms with Gasteiger partial charge in [0.2, 0.25) is 11.8 Å². The van der Waals surface area contributed by atoms with Crippen molar-refractivity contribution in [2.75, 3.05) is 6.54 Å². The van der Waals surface area contributed by atoms with Gasteiger partial charge < -0.3 is 21.4 Å². The molecule has 172 valence electrons. The highest BCUT2D eigenvalue weighted by atomic mass is 35.5. The van der Waals surface area contributed by atoms with E-state index in [0.717, 1.165) is 28.5 Å². The number of fused-ring (bicyclic) bond motifs is 1. The fourth-order valence-electron chi connectivity index (χ4n) is 3.71. The molecule has 2 atom stereocenters. The molecule has 32 heavy (non-hydrogen) atoms. The van der Waals surface area contributed by atoms with E-state index in [1.807, 2.05) is 74.6 Å². The Balaban J connectivity index is 0.00000363. The first-order valence-corrected chi connectivity index (χ1v) is 10.9. The largest absolute Gasteiger partial charge is 0.361 e. The van der Waals surface area contributed by atoms with Crippen LogP contribution in [0.4, 0.5) is 0 Å². The van der Waals surface area contributed by atoms with E-state index in [1.165, 1.54) is 0 Å². The van der Waals surface area contributed by atoms with Crippen molar-refractivity contribution < 1.29 is 9.59 Å². The summed E-state index contributed by atoms with van der Waals surface area (Å²) < 4.78 is 0. The summed E-state index contributed by atoms with van der Waals surface area (Å²) in [6.45, 7) is 4.58. The molecular weight excluding hydrogens is 424 g/mol. The summed E-state index contributed by atoms with van der Waals surface area (Å²) in [5.74, 6) is -0.221. The first kappa shape index (κ1) is 25.4. The summed E-state index contributed by atoms with van der Waals surface area (Å²) in [4.78, 5) is 28.7. The molecule has 1 heterocycles. The third-order valence-corrected chi connectivity index (χ3v) is 5.35. The predicted octanol–water partition coefficient (Wildman–Crippen LogP) is 3.35. The zero-order chi connectivity index (χ0) is 22.2. The maximum atomic E-state index is 12.8. The highest BCUT2D eigenvalue weighted by Gasteiger charge is 2.25. The van der Waals surface area contributed by atoms with Crippen LogP contribution in [0.25, 0.3) is 10.9 Å². The van der Waals surface area contributed by atoms with Crippen LogP contribution in [0.1, 0.15) is 31.4 Å². The molecule has 2 aromatic carbocycles. The van der Waals surface area contributed by atoms with E-state index in [9.17, 15) is 9.59 Å². The van der Waals surface area contributed by atoms with Crippen LogP contribution in [-0.2, 0) is 22.4 Å². The zero-order valence-electron chi connectivity index (χ0n) is 18.6. The molecule has 3 rings (SSSR count). The van der Waals surface area contributed by atoms with Crippen LogP contribution in [0.15, 0.2) is 60.8 Å². The number of amides is 2. The van der Waals surface area contributed by atoms with E-state index in [-0.39, 0.29) is 30.1 Å². The quantitative estimate of drug-likeness (QED) is 0.376. The molecule has 5 N–H and O–H groups in total. The van der Waals surface area contributed by atoms with Crippen molar-refractivity contribution in [2.45, 2.75) is 45.2 Å². The Morgan fingerprint density at radius 2 is 1.69 bits per heavy atom. The number of carbonyl (C=O) groups excluding carboxylic acids is 2. The normalized spacial score (nSPS) is 12.8. The van der Waals surface area contributed by atoms with E-state index in [1.54, 1.807) is 0 Å². The smallest absolute Gasteiger partial charge is 0.242 e. The number of hydrogen-bond donors (Lipinski definition) is 4. The van der Waals surface area contributed by atoms with E-state index in [0.29, 0.717) is 19.4 Å². The van der Waals surface area contributed by atoms with Crippen molar-refractivity contribution in [3.8, 4) is 0 Å². The Bertz CT molecular complexity index is 1000. The molecule has 0 radical (unpaired) electrons. The van der Waals surface area contributed by atoms with Crippen LogP contribution in [0.3, 0.4) is 0 Å². The summed E-state index contributed by atoms with van der Waals surface area (Å²) in [6, 6.07) is 16.6. The Morgan fingerprint density at radius 3 is 2.41 bits per heavy atom. The minimum absolute atomic E-state index is 0. The summed E-state index contributed by atoms with van der Waals surface area (Å²) >= 11 is 0. The topological polar surface area (TPSA) is 100 Å². The maximum Gasteiger partial charge on any atom is 0.242 e. The van der Waals surface area contributed by atoms with E-state index >= 15 is 0 Å². The Kier molecular flexibility index (Phi) is 9.75. The summed E-state index contributed by atoms with van der Waals surface area (Å²) in [7, 11) is 0. The number of aromatic nitrogens is 1. The number of rotatable bonds is 10. The van der Waals surface area contributed by atoms with Gasteiger partial charge in [-0.2, -0.15) is 0 Å². The molecule has 0 bridgehead atoms. The number of aromatic amines is 1. The van der Waals surface area contributed by atoms with Gasteiger partial charge in [-0.05, 0) is 42.4 Å².